The molecular formula is C17H19N9O. The molecule has 3 heterocycles. The minimum absolute atomic E-state index is 0.0766. The summed E-state index contributed by atoms with van der Waals surface area (Å²) >= 11 is 0. The summed E-state index contributed by atoms with van der Waals surface area (Å²) in [5, 5.41) is 17.9. The Morgan fingerprint density at radius 1 is 1.30 bits per heavy atom. The van der Waals surface area contributed by atoms with E-state index in [2.05, 4.69) is 36.1 Å². The fourth-order valence-corrected chi connectivity index (χ4v) is 2.91. The van der Waals surface area contributed by atoms with Crippen molar-refractivity contribution in [2.45, 2.75) is 12.5 Å². The highest BCUT2D eigenvalue weighted by atomic mass is 16.1. The van der Waals surface area contributed by atoms with Gasteiger partial charge >= 0.3 is 0 Å². The van der Waals surface area contributed by atoms with Gasteiger partial charge in [0.15, 0.2) is 11.5 Å². The molecule has 1 fully saturated rings. The molecular weight excluding hydrogens is 346 g/mol. The lowest BCUT2D eigenvalue weighted by Gasteiger charge is -2.15. The van der Waals surface area contributed by atoms with E-state index in [1.807, 2.05) is 24.3 Å². The Hall–Kier alpha value is -3.53. The molecule has 1 aliphatic rings. The second-order valence-electron chi connectivity index (χ2n) is 6.14. The Balaban J connectivity index is 1.61. The number of nitrogens with two attached hydrogens (primary N) is 1. The van der Waals surface area contributed by atoms with Gasteiger partial charge in [-0.1, -0.05) is 6.07 Å². The highest BCUT2D eigenvalue weighted by molar-refractivity contribution is 5.96. The third-order valence-corrected chi connectivity index (χ3v) is 4.18. The Bertz CT molecular complexity index is 935. The van der Waals surface area contributed by atoms with E-state index in [4.69, 9.17) is 5.73 Å². The minimum Gasteiger partial charge on any atom is -0.365 e. The summed E-state index contributed by atoms with van der Waals surface area (Å²) < 4.78 is 0. The first-order valence-electron chi connectivity index (χ1n) is 8.57. The van der Waals surface area contributed by atoms with Gasteiger partial charge < -0.3 is 21.7 Å². The van der Waals surface area contributed by atoms with Gasteiger partial charge in [0.1, 0.15) is 5.82 Å². The lowest BCUT2D eigenvalue weighted by Crippen LogP contribution is -2.24. The summed E-state index contributed by atoms with van der Waals surface area (Å²) in [5.74, 6) is 0.231. The van der Waals surface area contributed by atoms with Crippen LogP contribution in [-0.4, -0.2) is 50.0 Å². The molecule has 1 amide bonds. The van der Waals surface area contributed by atoms with Crippen molar-refractivity contribution in [3.05, 3.63) is 48.5 Å². The van der Waals surface area contributed by atoms with Crippen molar-refractivity contribution in [2.75, 3.05) is 23.7 Å². The van der Waals surface area contributed by atoms with Gasteiger partial charge in [0.2, 0.25) is 0 Å². The fourth-order valence-electron chi connectivity index (χ4n) is 2.91. The summed E-state index contributed by atoms with van der Waals surface area (Å²) in [6, 6.07) is 7.69. The number of nitrogens with one attached hydrogen (secondary N) is 3. The Morgan fingerprint density at radius 3 is 2.89 bits per heavy atom. The van der Waals surface area contributed by atoms with Crippen molar-refractivity contribution in [1.82, 2.24) is 30.3 Å². The van der Waals surface area contributed by atoms with Crippen LogP contribution in [0.25, 0.3) is 5.69 Å². The number of hydrogen-bond acceptors (Lipinski definition) is 8. The van der Waals surface area contributed by atoms with E-state index in [0.29, 0.717) is 17.3 Å². The van der Waals surface area contributed by atoms with Gasteiger partial charge in [-0.15, -0.1) is 0 Å². The van der Waals surface area contributed by atoms with E-state index in [1.54, 1.807) is 12.4 Å². The van der Waals surface area contributed by atoms with Crippen molar-refractivity contribution < 1.29 is 4.79 Å². The number of hydrogen-bond donors (Lipinski definition) is 4. The zero-order valence-electron chi connectivity index (χ0n) is 14.5. The Morgan fingerprint density at radius 2 is 2.15 bits per heavy atom. The monoisotopic (exact) mass is 365 g/mol. The maximum atomic E-state index is 11.7. The van der Waals surface area contributed by atoms with E-state index in [1.165, 1.54) is 11.0 Å². The number of carbonyl (C=O) groups is 1. The van der Waals surface area contributed by atoms with Crippen LogP contribution >= 0.6 is 0 Å². The average Bonchev–Trinajstić information content (AvgIpc) is 3.36. The smallest absolute Gasteiger partial charge is 0.271 e. The maximum Gasteiger partial charge on any atom is 0.271 e. The molecule has 1 aliphatic heterocycles. The van der Waals surface area contributed by atoms with Gasteiger partial charge in [-0.2, -0.15) is 15.0 Å². The second kappa shape index (κ2) is 7.38. The standard InChI is InChI=1S/C17H19N9O/c18-16(27)15-17(25-14(10-20-15)23-12-4-5-19-9-12)24-11-2-1-3-13(8-11)26-21-6-7-22-26/h1-3,6-8,10,12,19H,4-5,9H2,(H2,18,27)(H2,23,24,25)/t12-/m1/s1. The van der Waals surface area contributed by atoms with E-state index in [0.717, 1.165) is 25.2 Å². The lowest BCUT2D eigenvalue weighted by atomic mass is 10.2. The molecule has 1 atom stereocenters. The van der Waals surface area contributed by atoms with Crippen LogP contribution in [0.1, 0.15) is 16.9 Å². The normalized spacial score (nSPS) is 16.2. The van der Waals surface area contributed by atoms with Gasteiger partial charge in [0.05, 0.1) is 24.3 Å². The van der Waals surface area contributed by atoms with E-state index < -0.39 is 5.91 Å². The lowest BCUT2D eigenvalue weighted by molar-refractivity contribution is 0.0996. The fraction of sp³-hybridized carbons (Fsp3) is 0.235. The molecule has 1 aromatic carbocycles. The van der Waals surface area contributed by atoms with Gasteiger partial charge in [-0.05, 0) is 31.2 Å². The molecule has 0 aliphatic carbocycles. The molecule has 5 N–H and O–H groups in total. The first-order valence-corrected chi connectivity index (χ1v) is 8.57. The molecule has 2 aromatic heterocycles. The molecule has 0 spiro atoms. The number of carbonyl (C=O) groups excluding carboxylic acids is 1. The van der Waals surface area contributed by atoms with Crippen LogP contribution in [0.2, 0.25) is 0 Å². The molecule has 0 bridgehead atoms. The van der Waals surface area contributed by atoms with Gasteiger partial charge in [0.25, 0.3) is 5.91 Å². The predicted octanol–water partition coefficient (Wildman–Crippen LogP) is 0.674. The summed E-state index contributed by atoms with van der Waals surface area (Å²) in [4.78, 5) is 21.9. The summed E-state index contributed by atoms with van der Waals surface area (Å²) in [6.45, 7) is 1.82. The number of rotatable bonds is 6. The maximum absolute atomic E-state index is 11.7. The first kappa shape index (κ1) is 16.9. The number of anilines is 3. The van der Waals surface area contributed by atoms with Crippen molar-refractivity contribution in [3.63, 3.8) is 0 Å². The molecule has 3 aromatic rings. The van der Waals surface area contributed by atoms with Crippen LogP contribution in [0, 0.1) is 0 Å². The minimum atomic E-state index is -0.649. The van der Waals surface area contributed by atoms with Gasteiger partial charge in [0, 0.05) is 18.3 Å². The summed E-state index contributed by atoms with van der Waals surface area (Å²) in [5.41, 5.74) is 7.01. The van der Waals surface area contributed by atoms with Crippen LogP contribution in [0.5, 0.6) is 0 Å². The SMILES string of the molecule is NC(=O)c1ncc(N[C@@H]2CCNC2)nc1Nc1cccc(-n2nccn2)c1. The number of primary amides is 1. The number of nitrogens with zero attached hydrogens (tertiary/aromatic N) is 5. The van der Waals surface area contributed by atoms with Crippen LogP contribution in [0.15, 0.2) is 42.9 Å². The zero-order valence-corrected chi connectivity index (χ0v) is 14.5. The van der Waals surface area contributed by atoms with Crippen molar-refractivity contribution in [1.29, 1.82) is 0 Å². The highest BCUT2D eigenvalue weighted by Crippen LogP contribution is 2.21. The first-order chi connectivity index (χ1) is 13.2. The van der Waals surface area contributed by atoms with Crippen LogP contribution < -0.4 is 21.7 Å². The largest absolute Gasteiger partial charge is 0.365 e. The third kappa shape index (κ3) is 3.85. The van der Waals surface area contributed by atoms with Gasteiger partial charge in [-0.3, -0.25) is 4.79 Å². The van der Waals surface area contributed by atoms with E-state index in [9.17, 15) is 4.79 Å². The second-order valence-corrected chi connectivity index (χ2v) is 6.14. The molecule has 10 nitrogen and oxygen atoms in total. The zero-order chi connectivity index (χ0) is 18.6. The molecule has 1 saturated heterocycles. The van der Waals surface area contributed by atoms with Crippen LogP contribution in [0.3, 0.4) is 0 Å². The molecule has 4 rings (SSSR count). The van der Waals surface area contributed by atoms with Crippen LogP contribution in [-0.2, 0) is 0 Å². The average molecular weight is 365 g/mol. The molecule has 0 unspecified atom stereocenters. The molecule has 0 radical (unpaired) electrons. The van der Waals surface area contributed by atoms with Crippen molar-refractivity contribution in [3.8, 4) is 5.69 Å². The molecule has 0 saturated carbocycles. The van der Waals surface area contributed by atoms with Gasteiger partial charge in [-0.25, -0.2) is 9.97 Å². The number of aromatic nitrogens is 5. The highest BCUT2D eigenvalue weighted by Gasteiger charge is 2.17. The van der Waals surface area contributed by atoms with Crippen molar-refractivity contribution in [2.24, 2.45) is 5.73 Å². The topological polar surface area (TPSA) is 136 Å². The Kier molecular flexibility index (Phi) is 4.62. The quantitative estimate of drug-likeness (QED) is 0.500. The van der Waals surface area contributed by atoms with E-state index >= 15 is 0 Å². The number of amides is 1. The Labute approximate surface area is 155 Å². The molecule has 10 heteroatoms. The van der Waals surface area contributed by atoms with E-state index in [-0.39, 0.29) is 11.7 Å². The van der Waals surface area contributed by atoms with Crippen LogP contribution in [0.4, 0.5) is 17.3 Å². The molecule has 27 heavy (non-hydrogen) atoms. The van der Waals surface area contributed by atoms with Crippen molar-refractivity contribution >= 4 is 23.2 Å². The predicted molar refractivity (Wildman–Crippen MR) is 100 cm³/mol. The third-order valence-electron chi connectivity index (χ3n) is 4.18. The summed E-state index contributed by atoms with van der Waals surface area (Å²) in [7, 11) is 0. The molecule has 138 valence electrons. The number of benzene rings is 1. The summed E-state index contributed by atoms with van der Waals surface area (Å²) in [6.07, 6.45) is 5.72.